The van der Waals surface area contributed by atoms with Gasteiger partial charge in [-0.25, -0.2) is 0 Å². The van der Waals surface area contributed by atoms with Crippen molar-refractivity contribution in [2.75, 3.05) is 0 Å². The lowest BCUT2D eigenvalue weighted by atomic mass is 9.95. The summed E-state index contributed by atoms with van der Waals surface area (Å²) in [6.45, 7) is 0. The van der Waals surface area contributed by atoms with Gasteiger partial charge in [-0.2, -0.15) is 9.59 Å². The Morgan fingerprint density at radius 1 is 0.244 bits per heavy atom. The monoisotopic (exact) mass is 1000 g/mol. The van der Waals surface area contributed by atoms with Crippen LogP contribution in [-0.4, -0.2) is 49.9 Å². The van der Waals surface area contributed by atoms with Gasteiger partial charge in [0.1, 0.15) is 22.1 Å². The van der Waals surface area contributed by atoms with Gasteiger partial charge in [-0.15, -0.1) is 20.4 Å². The second-order valence-electron chi connectivity index (χ2n) is 18.7. The largest absolute Gasteiger partial charge is 0.264 e. The molecule has 0 amide bonds. The van der Waals surface area contributed by atoms with Crippen molar-refractivity contribution in [2.45, 2.75) is 0 Å². The predicted molar refractivity (Wildman–Crippen MR) is 312 cm³/mol. The lowest BCUT2D eigenvalue weighted by molar-refractivity contribution is 0.766. The van der Waals surface area contributed by atoms with Crippen LogP contribution in [0.3, 0.4) is 0 Å². The highest BCUT2D eigenvalue weighted by Crippen LogP contribution is 2.37. The summed E-state index contributed by atoms with van der Waals surface area (Å²) in [4.78, 5) is 20.9. The van der Waals surface area contributed by atoms with E-state index in [2.05, 4.69) is 153 Å². The standard InChI is InChI=1S/2C34H23N5/c1-2-8-31(9-3-1)39-37-33-21-30(26-12-10-24(11-13-26)28-6-4-18-35-22-28)20-32(34(33)38-39)27-16-14-25(15-17-27)29-7-5-19-36-23-29;1-2-8-29(9-3-1)39-37-33-23-28(24-12-16-26(17-13-24)31-10-4-6-20-35-31)22-30(34(33)38-39)25-14-18-27(19-15-25)32-11-5-7-21-36-32/h2*1-23H. The van der Waals surface area contributed by atoms with Crippen LogP contribution in [-0.2, 0) is 0 Å². The molecule has 8 aromatic carbocycles. The summed E-state index contributed by atoms with van der Waals surface area (Å²) >= 11 is 0. The fraction of sp³-hybridized carbons (Fsp3) is 0. The van der Waals surface area contributed by atoms with Gasteiger partial charge in [-0.05, 0) is 141 Å². The second kappa shape index (κ2) is 21.2. The molecule has 0 aliphatic carbocycles. The van der Waals surface area contributed by atoms with E-state index < -0.39 is 0 Å². The molecule has 10 nitrogen and oxygen atoms in total. The molecular formula is C68H46N10. The minimum atomic E-state index is 0.842. The van der Waals surface area contributed by atoms with Crippen LogP contribution in [0, 0.1) is 0 Å². The highest BCUT2D eigenvalue weighted by molar-refractivity contribution is 5.97. The van der Waals surface area contributed by atoms with Crippen molar-refractivity contribution in [3.63, 3.8) is 0 Å². The molecule has 0 saturated carbocycles. The molecule has 0 atom stereocenters. The molecule has 0 fully saturated rings. The fourth-order valence-electron chi connectivity index (χ4n) is 9.65. The van der Waals surface area contributed by atoms with Crippen molar-refractivity contribution in [2.24, 2.45) is 0 Å². The molecule has 0 saturated heterocycles. The maximum absolute atomic E-state index is 4.92. The minimum Gasteiger partial charge on any atom is -0.264 e. The zero-order valence-corrected chi connectivity index (χ0v) is 42.0. The Balaban J connectivity index is 0.000000148. The molecule has 0 unspecified atom stereocenters. The van der Waals surface area contributed by atoms with Crippen molar-refractivity contribution in [3.05, 3.63) is 280 Å². The lowest BCUT2D eigenvalue weighted by Crippen LogP contribution is -1.97. The molecule has 78 heavy (non-hydrogen) atoms. The number of pyridine rings is 4. The number of para-hydroxylation sites is 2. The van der Waals surface area contributed by atoms with E-state index in [-0.39, 0.29) is 0 Å². The first-order valence-electron chi connectivity index (χ1n) is 25.6. The van der Waals surface area contributed by atoms with Gasteiger partial charge in [0.25, 0.3) is 0 Å². The van der Waals surface area contributed by atoms with Gasteiger partial charge in [0, 0.05) is 59.4 Å². The molecule has 0 N–H and O–H groups in total. The molecule has 0 aliphatic heterocycles. The van der Waals surface area contributed by atoms with E-state index in [4.69, 9.17) is 20.4 Å². The number of aromatic nitrogens is 10. The van der Waals surface area contributed by atoms with Crippen LogP contribution >= 0.6 is 0 Å². The molecule has 0 spiro atoms. The first-order valence-corrected chi connectivity index (χ1v) is 25.6. The van der Waals surface area contributed by atoms with E-state index in [9.17, 15) is 0 Å². The Bertz CT molecular complexity index is 4010. The van der Waals surface area contributed by atoms with Crippen molar-refractivity contribution in [1.82, 2.24) is 49.9 Å². The molecule has 14 rings (SSSR count). The zero-order chi connectivity index (χ0) is 52.0. The molecule has 14 aromatic rings. The van der Waals surface area contributed by atoms with E-state index >= 15 is 0 Å². The Labute approximate surface area is 450 Å². The van der Waals surface area contributed by atoms with Crippen LogP contribution in [0.5, 0.6) is 0 Å². The van der Waals surface area contributed by atoms with Crippen LogP contribution in [0.4, 0.5) is 0 Å². The third kappa shape index (κ3) is 9.83. The summed E-state index contributed by atoms with van der Waals surface area (Å²) < 4.78 is 0. The minimum absolute atomic E-state index is 0.842. The molecule has 368 valence electrons. The van der Waals surface area contributed by atoms with Gasteiger partial charge >= 0.3 is 0 Å². The normalized spacial score (nSPS) is 11.1. The summed E-state index contributed by atoms with van der Waals surface area (Å²) in [5.41, 5.74) is 22.4. The van der Waals surface area contributed by atoms with E-state index in [1.54, 1.807) is 22.0 Å². The molecular weight excluding hydrogens is 957 g/mol. The smallest absolute Gasteiger partial charge is 0.121 e. The second-order valence-corrected chi connectivity index (χ2v) is 18.7. The van der Waals surface area contributed by atoms with E-state index in [0.717, 1.165) is 123 Å². The van der Waals surface area contributed by atoms with E-state index in [0.29, 0.717) is 0 Å². The molecule has 0 bridgehead atoms. The van der Waals surface area contributed by atoms with Crippen molar-refractivity contribution >= 4 is 22.1 Å². The van der Waals surface area contributed by atoms with Crippen LogP contribution in [0.25, 0.3) is 123 Å². The van der Waals surface area contributed by atoms with Crippen molar-refractivity contribution in [3.8, 4) is 101 Å². The van der Waals surface area contributed by atoms with E-state index in [1.165, 1.54) is 0 Å². The Hall–Kier alpha value is -10.8. The van der Waals surface area contributed by atoms with Crippen molar-refractivity contribution in [1.29, 1.82) is 0 Å². The van der Waals surface area contributed by atoms with Crippen LogP contribution in [0.2, 0.25) is 0 Å². The maximum Gasteiger partial charge on any atom is 0.121 e. The summed E-state index contributed by atoms with van der Waals surface area (Å²) in [7, 11) is 0. The highest BCUT2D eigenvalue weighted by Gasteiger charge is 2.17. The average molecular weight is 1000 g/mol. The number of benzene rings is 8. The fourth-order valence-corrected chi connectivity index (χ4v) is 9.65. The molecule has 0 aliphatic rings. The first kappa shape index (κ1) is 46.9. The molecule has 10 heteroatoms. The Morgan fingerprint density at radius 2 is 0.603 bits per heavy atom. The van der Waals surface area contributed by atoms with Crippen LogP contribution in [0.1, 0.15) is 0 Å². The third-order valence-corrected chi connectivity index (χ3v) is 13.7. The first-order chi connectivity index (χ1) is 38.6. The highest BCUT2D eigenvalue weighted by atomic mass is 15.5. The number of hydrogen-bond acceptors (Lipinski definition) is 8. The topological polar surface area (TPSA) is 113 Å². The van der Waals surface area contributed by atoms with Gasteiger partial charge in [0.15, 0.2) is 0 Å². The van der Waals surface area contributed by atoms with Crippen molar-refractivity contribution < 1.29 is 0 Å². The quantitative estimate of drug-likeness (QED) is 0.133. The van der Waals surface area contributed by atoms with Gasteiger partial charge in [-0.1, -0.05) is 158 Å². The summed E-state index contributed by atoms with van der Waals surface area (Å²) in [6.07, 6.45) is 11.0. The van der Waals surface area contributed by atoms with Crippen LogP contribution in [0.15, 0.2) is 280 Å². The molecule has 6 heterocycles. The number of rotatable bonds is 10. The predicted octanol–water partition coefficient (Wildman–Crippen LogP) is 15.8. The van der Waals surface area contributed by atoms with Gasteiger partial charge in [0.05, 0.1) is 22.8 Å². The summed E-state index contributed by atoms with van der Waals surface area (Å²) in [5, 5.41) is 19.6. The molecule has 0 radical (unpaired) electrons. The lowest BCUT2D eigenvalue weighted by Gasteiger charge is -2.09. The number of nitrogens with zero attached hydrogens (tertiary/aromatic N) is 10. The van der Waals surface area contributed by atoms with Gasteiger partial charge in [0.2, 0.25) is 0 Å². The summed E-state index contributed by atoms with van der Waals surface area (Å²) in [5.74, 6) is 0. The average Bonchev–Trinajstić information content (AvgIpc) is 4.32. The Morgan fingerprint density at radius 3 is 0.962 bits per heavy atom. The van der Waals surface area contributed by atoms with Gasteiger partial charge < -0.3 is 0 Å². The maximum atomic E-state index is 4.92. The molecule has 6 aromatic heterocycles. The Kier molecular flexibility index (Phi) is 12.7. The number of hydrogen-bond donors (Lipinski definition) is 0. The third-order valence-electron chi connectivity index (χ3n) is 13.7. The SMILES string of the molecule is c1ccc(-n2nc3cc(-c4ccc(-c5ccccn5)cc4)cc(-c4ccc(-c5ccccn5)cc4)c3n2)cc1.c1ccc(-n2nc3cc(-c4ccc(-c5cccnc5)cc4)cc(-c4ccc(-c5cccnc5)cc4)c3n2)cc1. The zero-order valence-electron chi connectivity index (χ0n) is 42.0. The number of fused-ring (bicyclic) bond motifs is 2. The van der Waals surface area contributed by atoms with Crippen LogP contribution < -0.4 is 0 Å². The summed E-state index contributed by atoms with van der Waals surface area (Å²) in [6, 6.07) is 82.8. The van der Waals surface area contributed by atoms with E-state index in [1.807, 2.05) is 134 Å². The van der Waals surface area contributed by atoms with Gasteiger partial charge in [-0.3, -0.25) is 19.9 Å².